The molecule has 1 rings (SSSR count). The molecular formula is C26H43N3O5S. The van der Waals surface area contributed by atoms with Gasteiger partial charge in [-0.1, -0.05) is 13.0 Å². The van der Waals surface area contributed by atoms with E-state index in [-0.39, 0.29) is 29.6 Å². The summed E-state index contributed by atoms with van der Waals surface area (Å²) < 4.78 is 5.40. The minimum absolute atomic E-state index is 0.114. The van der Waals surface area contributed by atoms with Crippen LogP contribution in [0.4, 0.5) is 4.79 Å². The number of aryl methyl sites for hydroxylation is 1. The number of ether oxygens (including phenoxy) is 1. The summed E-state index contributed by atoms with van der Waals surface area (Å²) >= 11 is 1.57. The van der Waals surface area contributed by atoms with Gasteiger partial charge in [0, 0.05) is 12.1 Å². The number of hydrogen-bond acceptors (Lipinski definition) is 6. The lowest BCUT2D eigenvalue weighted by atomic mass is 9.97. The summed E-state index contributed by atoms with van der Waals surface area (Å²) in [5.74, 6) is 0.0815. The first-order valence-electron chi connectivity index (χ1n) is 12.1. The summed E-state index contributed by atoms with van der Waals surface area (Å²) in [6, 6.07) is 2.69. The van der Waals surface area contributed by atoms with E-state index in [4.69, 9.17) is 4.74 Å². The number of nitrogens with zero attached hydrogens (tertiary/aromatic N) is 1. The van der Waals surface area contributed by atoms with Gasteiger partial charge >= 0.3 is 6.09 Å². The molecule has 0 spiro atoms. The van der Waals surface area contributed by atoms with Crippen molar-refractivity contribution in [2.24, 2.45) is 0 Å². The number of hydrogen-bond donors (Lipinski definition) is 3. The van der Waals surface area contributed by atoms with Crippen LogP contribution in [-0.2, 0) is 14.3 Å². The van der Waals surface area contributed by atoms with Gasteiger partial charge in [0.05, 0.1) is 0 Å². The molecule has 0 saturated heterocycles. The normalized spacial score (nSPS) is 14.1. The summed E-state index contributed by atoms with van der Waals surface area (Å²) in [7, 11) is 0. The lowest BCUT2D eigenvalue weighted by Gasteiger charge is -2.38. The van der Waals surface area contributed by atoms with Crippen LogP contribution in [0.2, 0.25) is 0 Å². The lowest BCUT2D eigenvalue weighted by Crippen LogP contribution is -2.56. The van der Waals surface area contributed by atoms with E-state index < -0.39 is 23.8 Å². The van der Waals surface area contributed by atoms with E-state index in [1.54, 1.807) is 56.5 Å². The van der Waals surface area contributed by atoms with E-state index in [0.29, 0.717) is 29.7 Å². The zero-order chi connectivity index (χ0) is 26.9. The van der Waals surface area contributed by atoms with Crippen LogP contribution in [0.3, 0.4) is 0 Å². The predicted molar refractivity (Wildman–Crippen MR) is 142 cm³/mol. The molecule has 0 radical (unpaired) electrons. The number of benzene rings is 1. The fourth-order valence-electron chi connectivity index (χ4n) is 3.57. The SMILES string of the molecule is CCC(C)N(C(=O)C(CCSC)NC(=O)OC(C)(C)C)C(C(=O)NC(C)C)c1ccc(O)c(C)c1. The largest absolute Gasteiger partial charge is 0.508 e. The highest BCUT2D eigenvalue weighted by molar-refractivity contribution is 7.98. The van der Waals surface area contributed by atoms with Gasteiger partial charge in [-0.15, -0.1) is 0 Å². The Bertz CT molecular complexity index is 869. The number of amides is 3. The molecule has 1 aromatic carbocycles. The molecule has 0 heterocycles. The molecule has 1 aromatic rings. The zero-order valence-electron chi connectivity index (χ0n) is 22.6. The molecule has 0 aromatic heterocycles. The molecule has 0 bridgehead atoms. The molecule has 9 heteroatoms. The van der Waals surface area contributed by atoms with Crippen molar-refractivity contribution >= 4 is 29.7 Å². The molecule has 0 aliphatic rings. The zero-order valence-corrected chi connectivity index (χ0v) is 23.4. The third-order valence-corrected chi connectivity index (χ3v) is 6.06. The number of alkyl carbamates (subject to hydrolysis) is 1. The Morgan fingerprint density at radius 3 is 2.26 bits per heavy atom. The van der Waals surface area contributed by atoms with Gasteiger partial charge in [-0.25, -0.2) is 4.79 Å². The van der Waals surface area contributed by atoms with Crippen molar-refractivity contribution in [3.63, 3.8) is 0 Å². The van der Waals surface area contributed by atoms with Gasteiger partial charge in [0.1, 0.15) is 23.4 Å². The second-order valence-corrected chi connectivity index (χ2v) is 11.1. The maximum atomic E-state index is 14.0. The van der Waals surface area contributed by atoms with Crippen LogP contribution < -0.4 is 10.6 Å². The van der Waals surface area contributed by atoms with Crippen molar-refractivity contribution < 1.29 is 24.2 Å². The van der Waals surface area contributed by atoms with Crippen molar-refractivity contribution in [1.82, 2.24) is 15.5 Å². The van der Waals surface area contributed by atoms with Crippen molar-refractivity contribution in [1.29, 1.82) is 0 Å². The number of phenolic OH excluding ortho intramolecular Hbond substituents is 1. The van der Waals surface area contributed by atoms with E-state index in [2.05, 4.69) is 10.6 Å². The molecular weight excluding hydrogens is 466 g/mol. The van der Waals surface area contributed by atoms with Crippen molar-refractivity contribution in [2.45, 2.75) is 98.0 Å². The summed E-state index contributed by atoms with van der Waals surface area (Å²) in [6.45, 7) is 14.6. The summed E-state index contributed by atoms with van der Waals surface area (Å²) in [5.41, 5.74) is 0.483. The van der Waals surface area contributed by atoms with Crippen LogP contribution in [0.5, 0.6) is 5.75 Å². The van der Waals surface area contributed by atoms with Gasteiger partial charge in [0.25, 0.3) is 0 Å². The highest BCUT2D eigenvalue weighted by Crippen LogP contribution is 2.30. The lowest BCUT2D eigenvalue weighted by molar-refractivity contribution is -0.145. The quantitative estimate of drug-likeness (QED) is 0.404. The molecule has 3 amide bonds. The molecule has 3 unspecified atom stereocenters. The number of aromatic hydroxyl groups is 1. The predicted octanol–water partition coefficient (Wildman–Crippen LogP) is 4.54. The smallest absolute Gasteiger partial charge is 0.408 e. The number of carbonyl (C=O) groups is 3. The highest BCUT2D eigenvalue weighted by Gasteiger charge is 2.38. The molecule has 198 valence electrons. The fourth-order valence-corrected chi connectivity index (χ4v) is 4.04. The standard InChI is InChI=1S/C26H43N3O5S/c1-10-18(5)29(24(32)20(13-14-35-9)28-25(33)34-26(6,7)8)22(23(31)27-16(2)3)19-11-12-21(30)17(4)15-19/h11-12,15-16,18,20,22,30H,10,13-14H2,1-9H3,(H,27,31)(H,28,33). The average Bonchev–Trinajstić information content (AvgIpc) is 2.74. The minimum atomic E-state index is -0.934. The summed E-state index contributed by atoms with van der Waals surface area (Å²) in [6.07, 6.45) is 2.25. The molecule has 8 nitrogen and oxygen atoms in total. The fraction of sp³-hybridized carbons (Fsp3) is 0.654. The number of carbonyl (C=O) groups excluding carboxylic acids is 3. The third-order valence-electron chi connectivity index (χ3n) is 5.41. The monoisotopic (exact) mass is 509 g/mol. The first-order valence-corrected chi connectivity index (χ1v) is 13.5. The second kappa shape index (κ2) is 13.6. The van der Waals surface area contributed by atoms with Gasteiger partial charge in [-0.2, -0.15) is 11.8 Å². The van der Waals surface area contributed by atoms with Crippen LogP contribution in [0.1, 0.15) is 78.5 Å². The Labute approximate surface area is 214 Å². The summed E-state index contributed by atoms with van der Waals surface area (Å²) in [5, 5.41) is 15.7. The van der Waals surface area contributed by atoms with Crippen LogP contribution in [0, 0.1) is 6.92 Å². The van der Waals surface area contributed by atoms with Crippen LogP contribution >= 0.6 is 11.8 Å². The van der Waals surface area contributed by atoms with Crippen molar-refractivity contribution in [2.75, 3.05) is 12.0 Å². The van der Waals surface area contributed by atoms with Crippen LogP contribution in [0.15, 0.2) is 18.2 Å². The Kier molecular flexibility index (Phi) is 11.9. The number of rotatable bonds is 11. The van der Waals surface area contributed by atoms with Crippen molar-refractivity contribution in [3.05, 3.63) is 29.3 Å². The summed E-state index contributed by atoms with van der Waals surface area (Å²) in [4.78, 5) is 41.6. The molecule has 3 N–H and O–H groups in total. The molecule has 3 atom stereocenters. The van der Waals surface area contributed by atoms with Gasteiger partial charge in [-0.3, -0.25) is 9.59 Å². The van der Waals surface area contributed by atoms with Crippen LogP contribution in [-0.4, -0.2) is 63.6 Å². The Hall–Kier alpha value is -2.42. The van der Waals surface area contributed by atoms with Gasteiger partial charge < -0.3 is 25.4 Å². The van der Waals surface area contributed by atoms with Gasteiger partial charge in [0.2, 0.25) is 11.8 Å². The topological polar surface area (TPSA) is 108 Å². The maximum Gasteiger partial charge on any atom is 0.408 e. The Balaban J connectivity index is 3.53. The van der Waals surface area contributed by atoms with Crippen molar-refractivity contribution in [3.8, 4) is 5.75 Å². The van der Waals surface area contributed by atoms with E-state index in [0.717, 1.165) is 0 Å². The number of nitrogens with one attached hydrogen (secondary N) is 2. The number of thioether (sulfide) groups is 1. The first kappa shape index (κ1) is 30.6. The second-order valence-electron chi connectivity index (χ2n) is 10.1. The van der Waals surface area contributed by atoms with E-state index in [9.17, 15) is 19.5 Å². The number of phenols is 1. The average molecular weight is 510 g/mol. The third kappa shape index (κ3) is 9.63. The minimum Gasteiger partial charge on any atom is -0.508 e. The molecule has 0 aliphatic carbocycles. The Morgan fingerprint density at radius 2 is 1.77 bits per heavy atom. The maximum absolute atomic E-state index is 14.0. The molecule has 35 heavy (non-hydrogen) atoms. The van der Waals surface area contributed by atoms with E-state index >= 15 is 0 Å². The molecule has 0 aliphatic heterocycles. The first-order chi connectivity index (χ1) is 16.2. The van der Waals surface area contributed by atoms with E-state index in [1.807, 2.05) is 34.0 Å². The van der Waals surface area contributed by atoms with Crippen LogP contribution in [0.25, 0.3) is 0 Å². The van der Waals surface area contributed by atoms with Gasteiger partial charge in [0.15, 0.2) is 0 Å². The highest BCUT2D eigenvalue weighted by atomic mass is 32.2. The Morgan fingerprint density at radius 1 is 1.14 bits per heavy atom. The van der Waals surface area contributed by atoms with E-state index in [1.165, 1.54) is 6.07 Å². The molecule has 0 fully saturated rings. The van der Waals surface area contributed by atoms with Gasteiger partial charge in [-0.05, 0) is 96.6 Å². The molecule has 0 saturated carbocycles.